The average Bonchev–Trinajstić information content (AvgIpc) is 2.08. The third-order valence-electron chi connectivity index (χ3n) is 2.15. The highest BCUT2D eigenvalue weighted by atomic mass is 16.4. The minimum atomic E-state index is -1.74. The number of aliphatic carboxylic acids is 1. The number of ketones is 2. The van der Waals surface area contributed by atoms with E-state index in [9.17, 15) is 14.4 Å². The first-order valence-electron chi connectivity index (χ1n) is 3.97. The summed E-state index contributed by atoms with van der Waals surface area (Å²) in [7, 11) is 0. The van der Waals surface area contributed by atoms with Crippen molar-refractivity contribution in [1.29, 1.82) is 0 Å². The van der Waals surface area contributed by atoms with E-state index < -0.39 is 18.0 Å². The lowest BCUT2D eigenvalue weighted by molar-refractivity contribution is -0.155. The number of carboxylic acids is 1. The van der Waals surface area contributed by atoms with Gasteiger partial charge in [-0.05, 0) is 0 Å². The van der Waals surface area contributed by atoms with Crippen LogP contribution in [0, 0.1) is 5.92 Å². The summed E-state index contributed by atoms with van der Waals surface area (Å²) < 4.78 is 0. The summed E-state index contributed by atoms with van der Waals surface area (Å²) in [6, 6.07) is 0. The number of carbonyl (C=O) groups excluding carboxylic acids is 2. The van der Waals surface area contributed by atoms with E-state index in [1.165, 1.54) is 0 Å². The molecular formula is C8H10O5. The maximum absolute atomic E-state index is 11.1. The molecule has 72 valence electrons. The van der Waals surface area contributed by atoms with E-state index in [0.29, 0.717) is 0 Å². The van der Waals surface area contributed by atoms with Crippen LogP contribution in [-0.2, 0) is 14.4 Å². The summed E-state index contributed by atoms with van der Waals surface area (Å²) in [6.07, 6.45) is -1.67. The van der Waals surface area contributed by atoms with Gasteiger partial charge in [0.2, 0.25) is 0 Å². The van der Waals surface area contributed by atoms with Gasteiger partial charge in [-0.25, -0.2) is 4.79 Å². The Balaban J connectivity index is 2.71. The van der Waals surface area contributed by atoms with Gasteiger partial charge in [0.15, 0.2) is 6.10 Å². The Bertz CT molecular complexity index is 255. The number of hydrogen-bond donors (Lipinski definition) is 2. The maximum atomic E-state index is 11.1. The van der Waals surface area contributed by atoms with Crippen LogP contribution in [0.1, 0.15) is 19.3 Å². The molecular weight excluding hydrogens is 176 g/mol. The van der Waals surface area contributed by atoms with Crippen molar-refractivity contribution in [1.82, 2.24) is 0 Å². The molecule has 0 aromatic rings. The fourth-order valence-corrected chi connectivity index (χ4v) is 1.37. The number of hydrogen-bond acceptors (Lipinski definition) is 4. The molecule has 5 nitrogen and oxygen atoms in total. The molecule has 1 aliphatic rings. The fraction of sp³-hybridized carbons (Fsp3) is 0.625. The largest absolute Gasteiger partial charge is 0.479 e. The Morgan fingerprint density at radius 1 is 1.38 bits per heavy atom. The van der Waals surface area contributed by atoms with Crippen LogP contribution < -0.4 is 0 Å². The van der Waals surface area contributed by atoms with Crippen LogP contribution >= 0.6 is 0 Å². The second-order valence-corrected chi connectivity index (χ2v) is 3.10. The Morgan fingerprint density at radius 2 is 2.00 bits per heavy atom. The maximum Gasteiger partial charge on any atom is 0.333 e. The zero-order valence-corrected chi connectivity index (χ0v) is 6.90. The Labute approximate surface area is 74.4 Å². The van der Waals surface area contributed by atoms with E-state index in [1.54, 1.807) is 0 Å². The smallest absolute Gasteiger partial charge is 0.333 e. The van der Waals surface area contributed by atoms with Crippen molar-refractivity contribution in [3.63, 3.8) is 0 Å². The van der Waals surface area contributed by atoms with Crippen molar-refractivity contribution in [2.24, 2.45) is 5.92 Å². The molecule has 0 bridgehead atoms. The monoisotopic (exact) mass is 186 g/mol. The zero-order valence-electron chi connectivity index (χ0n) is 6.90. The number of carboxylic acid groups (broad SMARTS) is 1. The normalized spacial score (nSPS) is 25.8. The molecule has 0 amide bonds. The Morgan fingerprint density at radius 3 is 2.54 bits per heavy atom. The number of rotatable bonds is 2. The summed E-state index contributed by atoms with van der Waals surface area (Å²) in [6.45, 7) is 0. The molecule has 0 aromatic carbocycles. The lowest BCUT2D eigenvalue weighted by Gasteiger charge is -2.21. The molecule has 0 heterocycles. The SMILES string of the molecule is O=C1CCC(=O)C(C(O)C(=O)O)C1. The van der Waals surface area contributed by atoms with E-state index in [1.807, 2.05) is 0 Å². The number of aliphatic hydroxyl groups excluding tert-OH is 1. The predicted octanol–water partition coefficient (Wildman–Crippen LogP) is -0.630. The third-order valence-corrected chi connectivity index (χ3v) is 2.15. The minimum absolute atomic E-state index is 0.0494. The predicted molar refractivity (Wildman–Crippen MR) is 41.0 cm³/mol. The summed E-state index contributed by atoms with van der Waals surface area (Å²) >= 11 is 0. The van der Waals surface area contributed by atoms with Gasteiger partial charge in [0.1, 0.15) is 11.6 Å². The molecule has 2 N–H and O–H groups in total. The molecule has 2 atom stereocenters. The average molecular weight is 186 g/mol. The number of Topliss-reactive ketones (excluding diaryl/α,β-unsaturated/α-hetero) is 2. The number of carbonyl (C=O) groups is 3. The molecule has 0 radical (unpaired) electrons. The molecule has 13 heavy (non-hydrogen) atoms. The van der Waals surface area contributed by atoms with Crippen molar-refractivity contribution < 1.29 is 24.6 Å². The molecule has 1 aliphatic carbocycles. The zero-order chi connectivity index (χ0) is 10.0. The quantitative estimate of drug-likeness (QED) is 0.599. The summed E-state index contributed by atoms with van der Waals surface area (Å²) in [5.41, 5.74) is 0. The summed E-state index contributed by atoms with van der Waals surface area (Å²) in [5.74, 6) is -2.99. The van der Waals surface area contributed by atoms with Gasteiger partial charge in [-0.2, -0.15) is 0 Å². The highest BCUT2D eigenvalue weighted by Crippen LogP contribution is 2.21. The molecule has 1 rings (SSSR count). The van der Waals surface area contributed by atoms with Gasteiger partial charge in [0.05, 0.1) is 5.92 Å². The van der Waals surface area contributed by atoms with Crippen LogP contribution in [0.25, 0.3) is 0 Å². The van der Waals surface area contributed by atoms with Gasteiger partial charge >= 0.3 is 5.97 Å². The Kier molecular flexibility index (Phi) is 2.77. The first-order chi connectivity index (χ1) is 6.02. The lowest BCUT2D eigenvalue weighted by atomic mass is 9.83. The summed E-state index contributed by atoms with van der Waals surface area (Å²) in [4.78, 5) is 32.3. The van der Waals surface area contributed by atoms with Crippen molar-refractivity contribution in [3.05, 3.63) is 0 Å². The molecule has 1 saturated carbocycles. The first-order valence-corrected chi connectivity index (χ1v) is 3.97. The van der Waals surface area contributed by atoms with Crippen LogP contribution in [0.3, 0.4) is 0 Å². The molecule has 5 heteroatoms. The van der Waals surface area contributed by atoms with Crippen LogP contribution in [-0.4, -0.2) is 33.9 Å². The molecule has 0 spiro atoms. The van der Waals surface area contributed by atoms with Crippen molar-refractivity contribution in [2.45, 2.75) is 25.4 Å². The standard InChI is InChI=1S/C8H10O5/c9-4-1-2-6(10)5(3-4)7(11)8(12)13/h5,7,11H,1-3H2,(H,12,13). The molecule has 0 saturated heterocycles. The van der Waals surface area contributed by atoms with Gasteiger partial charge in [0.25, 0.3) is 0 Å². The van der Waals surface area contributed by atoms with E-state index in [0.717, 1.165) is 0 Å². The molecule has 1 fully saturated rings. The van der Waals surface area contributed by atoms with Gasteiger partial charge in [-0.1, -0.05) is 0 Å². The summed E-state index contributed by atoms with van der Waals surface area (Å²) in [5, 5.41) is 17.5. The highest BCUT2D eigenvalue weighted by molar-refractivity contribution is 5.97. The Hall–Kier alpha value is -1.23. The minimum Gasteiger partial charge on any atom is -0.479 e. The van der Waals surface area contributed by atoms with Gasteiger partial charge in [-0.15, -0.1) is 0 Å². The second kappa shape index (κ2) is 3.66. The van der Waals surface area contributed by atoms with Gasteiger partial charge < -0.3 is 10.2 Å². The van der Waals surface area contributed by atoms with Gasteiger partial charge in [0, 0.05) is 19.3 Å². The first kappa shape index (κ1) is 9.85. The van der Waals surface area contributed by atoms with Crippen LogP contribution in [0.5, 0.6) is 0 Å². The van der Waals surface area contributed by atoms with Crippen molar-refractivity contribution in [2.75, 3.05) is 0 Å². The second-order valence-electron chi connectivity index (χ2n) is 3.10. The fourth-order valence-electron chi connectivity index (χ4n) is 1.37. The number of aliphatic hydroxyl groups is 1. The van der Waals surface area contributed by atoms with Crippen LogP contribution in [0.15, 0.2) is 0 Å². The van der Waals surface area contributed by atoms with Crippen molar-refractivity contribution >= 4 is 17.5 Å². The van der Waals surface area contributed by atoms with E-state index in [4.69, 9.17) is 10.2 Å². The molecule has 2 unspecified atom stereocenters. The third kappa shape index (κ3) is 2.12. The lowest BCUT2D eigenvalue weighted by Crippen LogP contribution is -2.38. The molecule has 0 aromatic heterocycles. The van der Waals surface area contributed by atoms with Crippen molar-refractivity contribution in [3.8, 4) is 0 Å². The van der Waals surface area contributed by atoms with Crippen LogP contribution in [0.2, 0.25) is 0 Å². The topological polar surface area (TPSA) is 91.7 Å². The van der Waals surface area contributed by atoms with Gasteiger partial charge in [-0.3, -0.25) is 9.59 Å². The van der Waals surface area contributed by atoms with E-state index in [2.05, 4.69) is 0 Å². The van der Waals surface area contributed by atoms with E-state index >= 15 is 0 Å². The van der Waals surface area contributed by atoms with Crippen LogP contribution in [0.4, 0.5) is 0 Å². The molecule has 0 aliphatic heterocycles. The highest BCUT2D eigenvalue weighted by Gasteiger charge is 2.36. The van der Waals surface area contributed by atoms with E-state index in [-0.39, 0.29) is 30.8 Å².